The Morgan fingerprint density at radius 1 is 1.09 bits per heavy atom. The van der Waals surface area contributed by atoms with Crippen molar-refractivity contribution in [2.24, 2.45) is 16.2 Å². The van der Waals surface area contributed by atoms with Crippen LogP contribution in [0.15, 0.2) is 94.3 Å². The molecule has 1 fully saturated rings. The minimum atomic E-state index is -2.10. The van der Waals surface area contributed by atoms with Crippen LogP contribution < -0.4 is 26.1 Å². The molecule has 0 bridgehead atoms. The summed E-state index contributed by atoms with van der Waals surface area (Å²) >= 11 is -2.10. The van der Waals surface area contributed by atoms with E-state index >= 15 is 0 Å². The van der Waals surface area contributed by atoms with E-state index in [0.29, 0.717) is 17.3 Å². The highest BCUT2D eigenvalue weighted by Crippen LogP contribution is 2.34. The van der Waals surface area contributed by atoms with Crippen LogP contribution in [-0.4, -0.2) is 26.7 Å². The highest BCUT2D eigenvalue weighted by atomic mass is 32.2. The first-order valence-corrected chi connectivity index (χ1v) is 15.8. The topological polar surface area (TPSA) is 185 Å². The number of anilines is 2. The molecular weight excluding hydrogens is 594 g/mol. The Morgan fingerprint density at radius 2 is 1.80 bits per heavy atom. The van der Waals surface area contributed by atoms with E-state index in [1.54, 1.807) is 47.4 Å². The van der Waals surface area contributed by atoms with E-state index in [4.69, 9.17) is 20.5 Å². The Kier molecular flexibility index (Phi) is 11.9. The van der Waals surface area contributed by atoms with Gasteiger partial charge in [-0.3, -0.25) is 20.4 Å². The minimum absolute atomic E-state index is 0.131. The third kappa shape index (κ3) is 9.30. The number of allylic oxidation sites excluding steroid dienone is 1. The lowest BCUT2D eigenvalue weighted by molar-refractivity contribution is 0.0976. The second-order valence-electron chi connectivity index (χ2n) is 10.5. The number of nitrogens with one attached hydrogen (secondary N) is 3. The van der Waals surface area contributed by atoms with Gasteiger partial charge >= 0.3 is 17.1 Å². The molecule has 7 N–H and O–H groups in total. The fraction of sp³-hybridized carbons (Fsp3) is 0.281. The van der Waals surface area contributed by atoms with Crippen LogP contribution >= 0.6 is 0 Å². The van der Waals surface area contributed by atoms with Crippen LogP contribution in [-0.2, 0) is 17.6 Å². The molecule has 0 aromatic heterocycles. The monoisotopic (exact) mass is 632 g/mol. The Bertz CT molecular complexity index is 1570. The van der Waals surface area contributed by atoms with Gasteiger partial charge in [-0.15, -0.1) is 0 Å². The highest BCUT2D eigenvalue weighted by Gasteiger charge is 2.21. The van der Waals surface area contributed by atoms with Crippen molar-refractivity contribution in [1.82, 2.24) is 5.32 Å². The molecule has 0 aliphatic heterocycles. The molecule has 1 atom stereocenters. The van der Waals surface area contributed by atoms with Gasteiger partial charge in [0.1, 0.15) is 5.75 Å². The fourth-order valence-corrected chi connectivity index (χ4v) is 5.62. The lowest BCUT2D eigenvalue weighted by Gasteiger charge is -2.26. The van der Waals surface area contributed by atoms with Crippen molar-refractivity contribution in [2.75, 3.05) is 10.2 Å². The summed E-state index contributed by atoms with van der Waals surface area (Å²) in [4.78, 5) is 27.9. The Hall–Kier alpha value is -4.88. The Morgan fingerprint density at radius 3 is 2.44 bits per heavy atom. The number of ether oxygens (including phenoxy) is 1. The van der Waals surface area contributed by atoms with Gasteiger partial charge < -0.3 is 20.4 Å². The van der Waals surface area contributed by atoms with Gasteiger partial charge in [-0.2, -0.15) is 4.21 Å². The van der Waals surface area contributed by atoms with E-state index in [2.05, 4.69) is 33.1 Å². The molecule has 0 spiro atoms. The highest BCUT2D eigenvalue weighted by molar-refractivity contribution is 7.79. The molecule has 4 rings (SSSR count). The zero-order chi connectivity index (χ0) is 32.2. The predicted molar refractivity (Wildman–Crippen MR) is 175 cm³/mol. The van der Waals surface area contributed by atoms with E-state index in [9.17, 15) is 13.8 Å². The Labute approximate surface area is 264 Å². The van der Waals surface area contributed by atoms with Crippen LogP contribution in [0.5, 0.6) is 5.75 Å². The SMILES string of the molecule is CC/C=C/Oc1ccc(NC(=O)N(Cc2ccc(C(=O)NC(=N)N=NN)cc2)c2ccc(C3CCCCC3)cc2)cc1S(=O)[OH2+]. The molecule has 0 radical (unpaired) electrons. The first-order chi connectivity index (χ1) is 21.8. The quantitative estimate of drug-likeness (QED) is 0.0405. The maximum absolute atomic E-state index is 13.8. The van der Waals surface area contributed by atoms with Crippen LogP contribution in [0.2, 0.25) is 0 Å². The number of nitrogens with zero attached hydrogens (tertiary/aromatic N) is 3. The van der Waals surface area contributed by atoms with Gasteiger partial charge in [-0.1, -0.05) is 60.8 Å². The molecule has 0 heterocycles. The van der Waals surface area contributed by atoms with Gasteiger partial charge in [0.15, 0.2) is 4.90 Å². The zero-order valence-corrected chi connectivity index (χ0v) is 25.8. The second-order valence-corrected chi connectivity index (χ2v) is 11.5. The molecule has 1 saturated carbocycles. The lowest BCUT2D eigenvalue weighted by Crippen LogP contribution is -2.34. The van der Waals surface area contributed by atoms with Crippen LogP contribution in [0.25, 0.3) is 0 Å². The average molecular weight is 633 g/mol. The predicted octanol–water partition coefficient (Wildman–Crippen LogP) is 6.01. The molecular formula is C32H38N7O5S+. The smallest absolute Gasteiger partial charge is 0.339 e. The first kappa shape index (κ1) is 33.0. The number of benzene rings is 3. The van der Waals surface area contributed by atoms with Crippen molar-refractivity contribution >= 4 is 40.4 Å². The zero-order valence-electron chi connectivity index (χ0n) is 25.0. The molecule has 3 aromatic carbocycles. The first-order valence-electron chi connectivity index (χ1n) is 14.7. The van der Waals surface area contributed by atoms with Gasteiger partial charge in [0.05, 0.1) is 12.8 Å². The van der Waals surface area contributed by atoms with Crippen LogP contribution in [0.4, 0.5) is 16.2 Å². The molecule has 0 saturated heterocycles. The number of hydrogen-bond donors (Lipinski definition) is 4. The van der Waals surface area contributed by atoms with Crippen molar-refractivity contribution in [3.05, 3.63) is 95.8 Å². The normalized spacial score (nSPS) is 14.3. The van der Waals surface area contributed by atoms with E-state index < -0.39 is 29.0 Å². The largest absolute Gasteiger partial charge is 0.464 e. The van der Waals surface area contributed by atoms with Crippen molar-refractivity contribution < 1.29 is 23.1 Å². The number of amides is 3. The molecule has 13 heteroatoms. The fourth-order valence-electron chi connectivity index (χ4n) is 5.09. The average Bonchev–Trinajstić information content (AvgIpc) is 3.05. The van der Waals surface area contributed by atoms with Crippen LogP contribution in [0, 0.1) is 5.41 Å². The molecule has 236 valence electrons. The molecule has 3 amide bonds. The van der Waals surface area contributed by atoms with Gasteiger partial charge in [-0.25, -0.2) is 4.79 Å². The summed E-state index contributed by atoms with van der Waals surface area (Å²) in [5, 5.41) is 18.9. The summed E-state index contributed by atoms with van der Waals surface area (Å²) in [6.45, 7) is 2.13. The summed E-state index contributed by atoms with van der Waals surface area (Å²) in [6.07, 6.45) is 10.1. The molecule has 1 aliphatic rings. The summed E-state index contributed by atoms with van der Waals surface area (Å²) in [5.41, 5.74) is 3.31. The summed E-state index contributed by atoms with van der Waals surface area (Å²) in [5.74, 6) is 4.67. The third-order valence-electron chi connectivity index (χ3n) is 7.39. The molecule has 1 unspecified atom stereocenters. The summed E-state index contributed by atoms with van der Waals surface area (Å²) < 4.78 is 25.5. The lowest BCUT2D eigenvalue weighted by atomic mass is 9.84. The summed E-state index contributed by atoms with van der Waals surface area (Å²) in [6, 6.07) is 18.8. The van der Waals surface area contributed by atoms with E-state index in [1.165, 1.54) is 37.2 Å². The van der Waals surface area contributed by atoms with Crippen LogP contribution in [0.1, 0.15) is 72.9 Å². The maximum Gasteiger partial charge on any atom is 0.339 e. The minimum Gasteiger partial charge on any atom is -0.464 e. The molecule has 1 aliphatic carbocycles. The van der Waals surface area contributed by atoms with Gasteiger partial charge in [0.25, 0.3) is 5.91 Å². The van der Waals surface area contributed by atoms with E-state index in [1.807, 2.05) is 19.1 Å². The number of nitrogens with two attached hydrogens (primary N) is 1. The van der Waals surface area contributed by atoms with Crippen molar-refractivity contribution in [3.8, 4) is 5.75 Å². The Balaban J connectivity index is 1.58. The van der Waals surface area contributed by atoms with Gasteiger partial charge in [0, 0.05) is 16.9 Å². The van der Waals surface area contributed by atoms with E-state index in [0.717, 1.165) is 24.8 Å². The third-order valence-corrected chi connectivity index (χ3v) is 8.11. The molecule has 45 heavy (non-hydrogen) atoms. The number of carbonyl (C=O) groups excluding carboxylic acids is 2. The molecule has 3 aromatic rings. The van der Waals surface area contributed by atoms with Crippen molar-refractivity contribution in [1.29, 1.82) is 5.41 Å². The van der Waals surface area contributed by atoms with Crippen molar-refractivity contribution in [2.45, 2.75) is 62.8 Å². The number of guanidine groups is 1. The van der Waals surface area contributed by atoms with Gasteiger partial charge in [-0.05, 0) is 84.8 Å². The maximum atomic E-state index is 13.8. The number of urea groups is 1. The summed E-state index contributed by atoms with van der Waals surface area (Å²) in [7, 11) is 0. The van der Waals surface area contributed by atoms with E-state index in [-0.39, 0.29) is 22.8 Å². The standard InChI is InChI=1S/C32H37N7O5S/c1-2-3-19-44-28-18-15-26(20-29(28)45(42)43)35-32(41)39(27-16-13-24(14-17-27)23-7-5-4-6-8-23)21-22-9-11-25(12-10-22)30(40)36-31(33)37-38-34/h3,9-20,23H,2,4-8,21H2,1H3,(H,35,41)(H,42,43)(H4,33,34,36,37,40)/p+1/b19-3+. The number of hydrogen-bond acceptors (Lipinski definition) is 6. The molecule has 12 nitrogen and oxygen atoms in total. The number of carbonyl (C=O) groups is 2. The second kappa shape index (κ2) is 16.3. The van der Waals surface area contributed by atoms with Crippen LogP contribution in [0.3, 0.4) is 0 Å². The van der Waals surface area contributed by atoms with Crippen molar-refractivity contribution in [3.63, 3.8) is 0 Å². The number of rotatable bonds is 10. The van der Waals surface area contributed by atoms with Gasteiger partial charge in [0.2, 0.25) is 5.96 Å².